The molecule has 0 aliphatic rings. The predicted octanol–water partition coefficient (Wildman–Crippen LogP) is 5.39. The van der Waals surface area contributed by atoms with Gasteiger partial charge < -0.3 is 4.42 Å². The van der Waals surface area contributed by atoms with Crippen LogP contribution in [-0.2, 0) is 16.4 Å². The monoisotopic (exact) mass is 424 g/mol. The first-order chi connectivity index (χ1) is 14.0. The zero-order chi connectivity index (χ0) is 20.3. The van der Waals surface area contributed by atoms with Crippen molar-refractivity contribution in [1.82, 2.24) is 4.98 Å². The van der Waals surface area contributed by atoms with Gasteiger partial charge in [-0.25, -0.2) is 8.42 Å². The van der Waals surface area contributed by atoms with Crippen molar-refractivity contribution >= 4 is 27.4 Å². The molecule has 1 heterocycles. The van der Waals surface area contributed by atoms with Crippen LogP contribution in [0.5, 0.6) is 0 Å². The van der Waals surface area contributed by atoms with Crippen LogP contribution >= 0.6 is 11.6 Å². The van der Waals surface area contributed by atoms with Crippen LogP contribution in [-0.4, -0.2) is 13.4 Å². The Morgan fingerprint density at radius 3 is 2.17 bits per heavy atom. The summed E-state index contributed by atoms with van der Waals surface area (Å²) >= 11 is 6.32. The number of sulfonamides is 1. The maximum atomic E-state index is 12.8. The molecule has 0 aliphatic heterocycles. The molecular formula is C22H17ClN2O3S. The molecule has 0 saturated carbocycles. The average Bonchev–Trinajstić information content (AvgIpc) is 3.11. The first-order valence-corrected chi connectivity index (χ1v) is 10.8. The molecule has 5 nitrogen and oxygen atoms in total. The third-order valence-electron chi connectivity index (χ3n) is 4.27. The van der Waals surface area contributed by atoms with E-state index < -0.39 is 10.0 Å². The van der Waals surface area contributed by atoms with Crippen molar-refractivity contribution in [1.29, 1.82) is 0 Å². The quantitative estimate of drug-likeness (QED) is 0.450. The minimum atomic E-state index is -3.83. The Balaban J connectivity index is 1.76. The van der Waals surface area contributed by atoms with Crippen molar-refractivity contribution in [3.05, 3.63) is 101 Å². The smallest absolute Gasteiger partial charge is 0.263 e. The van der Waals surface area contributed by atoms with Gasteiger partial charge in [0.1, 0.15) is 0 Å². The molecule has 0 unspecified atom stereocenters. The Bertz CT molecular complexity index is 1220. The van der Waals surface area contributed by atoms with E-state index in [0.717, 1.165) is 5.56 Å². The van der Waals surface area contributed by atoms with E-state index in [1.807, 2.05) is 30.3 Å². The summed E-state index contributed by atoms with van der Waals surface area (Å²) in [7, 11) is -3.83. The van der Waals surface area contributed by atoms with Crippen LogP contribution in [0.25, 0.3) is 11.3 Å². The second kappa shape index (κ2) is 8.11. The third-order valence-corrected chi connectivity index (χ3v) is 5.96. The first kappa shape index (κ1) is 19.2. The number of hydrogen-bond donors (Lipinski definition) is 1. The molecule has 29 heavy (non-hydrogen) atoms. The van der Waals surface area contributed by atoms with Crippen molar-refractivity contribution in [2.75, 3.05) is 4.72 Å². The maximum absolute atomic E-state index is 12.8. The van der Waals surface area contributed by atoms with Crippen molar-refractivity contribution < 1.29 is 12.8 Å². The van der Waals surface area contributed by atoms with Gasteiger partial charge in [-0.15, -0.1) is 0 Å². The molecule has 0 aliphatic carbocycles. The SMILES string of the molecule is O=S(=O)(Nc1nc(Cc2ccccc2)oc1-c1ccccc1Cl)c1ccccc1. The number of oxazole rings is 1. The van der Waals surface area contributed by atoms with E-state index in [4.69, 9.17) is 16.0 Å². The van der Waals surface area contributed by atoms with E-state index in [9.17, 15) is 8.42 Å². The number of aromatic nitrogens is 1. The first-order valence-electron chi connectivity index (χ1n) is 8.89. The van der Waals surface area contributed by atoms with Gasteiger partial charge in [0.05, 0.1) is 9.92 Å². The lowest BCUT2D eigenvalue weighted by atomic mass is 10.1. The average molecular weight is 425 g/mol. The summed E-state index contributed by atoms with van der Waals surface area (Å²) in [6.45, 7) is 0. The van der Waals surface area contributed by atoms with Crippen LogP contribution in [0.15, 0.2) is 94.2 Å². The third kappa shape index (κ3) is 4.34. The molecule has 0 saturated heterocycles. The topological polar surface area (TPSA) is 72.2 Å². The number of halogens is 1. The second-order valence-corrected chi connectivity index (χ2v) is 8.44. The zero-order valence-electron chi connectivity index (χ0n) is 15.2. The van der Waals surface area contributed by atoms with Gasteiger partial charge in [0.25, 0.3) is 10.0 Å². The summed E-state index contributed by atoms with van der Waals surface area (Å²) < 4.78 is 34.1. The number of nitrogens with one attached hydrogen (secondary N) is 1. The summed E-state index contributed by atoms with van der Waals surface area (Å²) in [6, 6.07) is 24.8. The molecule has 3 aromatic carbocycles. The highest BCUT2D eigenvalue weighted by molar-refractivity contribution is 7.92. The lowest BCUT2D eigenvalue weighted by molar-refractivity contribution is 0.519. The predicted molar refractivity (Wildman–Crippen MR) is 113 cm³/mol. The Labute approximate surface area is 174 Å². The van der Waals surface area contributed by atoms with Gasteiger partial charge in [-0.2, -0.15) is 4.98 Å². The van der Waals surface area contributed by atoms with Crippen LogP contribution < -0.4 is 4.72 Å². The highest BCUT2D eigenvalue weighted by atomic mass is 35.5. The fraction of sp³-hybridized carbons (Fsp3) is 0.0455. The fourth-order valence-electron chi connectivity index (χ4n) is 2.89. The molecule has 4 aromatic rings. The molecule has 0 amide bonds. The van der Waals surface area contributed by atoms with Crippen LogP contribution in [0.3, 0.4) is 0 Å². The molecule has 0 bridgehead atoms. The maximum Gasteiger partial charge on any atom is 0.263 e. The van der Waals surface area contributed by atoms with Crippen molar-refractivity contribution in [2.45, 2.75) is 11.3 Å². The van der Waals surface area contributed by atoms with E-state index in [1.165, 1.54) is 12.1 Å². The van der Waals surface area contributed by atoms with Gasteiger partial charge in [-0.1, -0.05) is 72.3 Å². The van der Waals surface area contributed by atoms with E-state index >= 15 is 0 Å². The van der Waals surface area contributed by atoms with E-state index in [0.29, 0.717) is 22.9 Å². The van der Waals surface area contributed by atoms with Crippen LogP contribution in [0, 0.1) is 0 Å². The molecule has 146 valence electrons. The Hall–Kier alpha value is -3.09. The zero-order valence-corrected chi connectivity index (χ0v) is 16.8. The largest absolute Gasteiger partial charge is 0.438 e. The molecule has 1 N–H and O–H groups in total. The second-order valence-electron chi connectivity index (χ2n) is 6.35. The fourth-order valence-corrected chi connectivity index (χ4v) is 4.14. The molecule has 4 rings (SSSR count). The van der Waals surface area contributed by atoms with Gasteiger partial charge in [0.2, 0.25) is 5.89 Å². The summed E-state index contributed by atoms with van der Waals surface area (Å²) in [6.07, 6.45) is 0.422. The minimum absolute atomic E-state index is 0.105. The Kier molecular flexibility index (Phi) is 5.38. The van der Waals surface area contributed by atoms with Gasteiger partial charge in [-0.3, -0.25) is 4.72 Å². The van der Waals surface area contributed by atoms with Gasteiger partial charge >= 0.3 is 0 Å². The molecule has 0 atom stereocenters. The number of hydrogen-bond acceptors (Lipinski definition) is 4. The summed E-state index contributed by atoms with van der Waals surface area (Å²) in [4.78, 5) is 4.55. The van der Waals surface area contributed by atoms with Crippen LogP contribution in [0.1, 0.15) is 11.5 Å². The highest BCUT2D eigenvalue weighted by Crippen LogP contribution is 2.35. The number of nitrogens with zero attached hydrogens (tertiary/aromatic N) is 1. The number of anilines is 1. The molecule has 0 spiro atoms. The molecule has 7 heteroatoms. The van der Waals surface area contributed by atoms with Crippen LogP contribution in [0.2, 0.25) is 5.02 Å². The molecule has 0 radical (unpaired) electrons. The normalized spacial score (nSPS) is 11.3. The molecular weight excluding hydrogens is 408 g/mol. The minimum Gasteiger partial charge on any atom is -0.438 e. The van der Waals surface area contributed by atoms with Gasteiger partial charge in [0.15, 0.2) is 11.6 Å². The van der Waals surface area contributed by atoms with Crippen LogP contribution in [0.4, 0.5) is 5.82 Å². The Morgan fingerprint density at radius 2 is 1.48 bits per heavy atom. The molecule has 0 fully saturated rings. The van der Waals surface area contributed by atoms with E-state index in [2.05, 4.69) is 9.71 Å². The van der Waals surface area contributed by atoms with Crippen molar-refractivity contribution in [3.8, 4) is 11.3 Å². The molecule has 1 aromatic heterocycles. The summed E-state index contributed by atoms with van der Waals surface area (Å²) in [5, 5.41) is 0.440. The highest BCUT2D eigenvalue weighted by Gasteiger charge is 2.23. The standard InChI is InChI=1S/C22H17ClN2O3S/c23-19-14-8-7-13-18(19)21-22(25-29(26,27)17-11-5-2-6-12-17)24-20(28-21)15-16-9-3-1-4-10-16/h1-14,25H,15H2. The number of benzene rings is 3. The van der Waals surface area contributed by atoms with Crippen molar-refractivity contribution in [3.63, 3.8) is 0 Å². The number of rotatable bonds is 6. The Morgan fingerprint density at radius 1 is 0.862 bits per heavy atom. The van der Waals surface area contributed by atoms with Gasteiger partial charge in [0, 0.05) is 12.0 Å². The lowest BCUT2D eigenvalue weighted by Crippen LogP contribution is -2.13. The van der Waals surface area contributed by atoms with E-state index in [1.54, 1.807) is 42.5 Å². The summed E-state index contributed by atoms with van der Waals surface area (Å²) in [5.41, 5.74) is 1.56. The lowest BCUT2D eigenvalue weighted by Gasteiger charge is -2.07. The summed E-state index contributed by atoms with van der Waals surface area (Å²) in [5.74, 6) is 0.769. The van der Waals surface area contributed by atoms with E-state index in [-0.39, 0.29) is 16.5 Å². The van der Waals surface area contributed by atoms with Gasteiger partial charge in [-0.05, 0) is 29.8 Å². The van der Waals surface area contributed by atoms with Crippen molar-refractivity contribution in [2.24, 2.45) is 0 Å².